The van der Waals surface area contributed by atoms with Crippen LogP contribution in [0.5, 0.6) is 0 Å². The largest absolute Gasteiger partial charge is 0.338 e. The van der Waals surface area contributed by atoms with E-state index >= 15 is 0 Å². The highest BCUT2D eigenvalue weighted by Crippen LogP contribution is 2.20. The molecule has 0 unspecified atom stereocenters. The van der Waals surface area contributed by atoms with Gasteiger partial charge in [-0.05, 0) is 20.8 Å². The van der Waals surface area contributed by atoms with Crippen LogP contribution in [-0.4, -0.2) is 44.8 Å². The Bertz CT molecular complexity index is 678. The van der Waals surface area contributed by atoms with E-state index in [2.05, 4.69) is 21.8 Å². The highest BCUT2D eigenvalue weighted by molar-refractivity contribution is 7.99. The van der Waals surface area contributed by atoms with Crippen molar-refractivity contribution in [2.45, 2.75) is 25.9 Å². The number of H-pyrrole nitrogens is 1. The molecular formula is C17H22N4OS. The van der Waals surface area contributed by atoms with E-state index in [4.69, 9.17) is 0 Å². The lowest BCUT2D eigenvalue weighted by molar-refractivity contribution is -0.127. The first-order chi connectivity index (χ1) is 11.0. The molecule has 0 radical (unpaired) electrons. The summed E-state index contributed by atoms with van der Waals surface area (Å²) in [6.07, 6.45) is 0. The van der Waals surface area contributed by atoms with Crippen molar-refractivity contribution in [2.75, 3.05) is 18.8 Å². The second-order valence-electron chi connectivity index (χ2n) is 5.49. The molecule has 0 saturated heterocycles. The highest BCUT2D eigenvalue weighted by Gasteiger charge is 2.14. The lowest BCUT2D eigenvalue weighted by atomic mass is 10.1. The minimum atomic E-state index is 0.0715. The molecular weight excluding hydrogens is 308 g/mol. The molecule has 0 bridgehead atoms. The zero-order valence-corrected chi connectivity index (χ0v) is 14.6. The molecule has 6 heteroatoms. The number of hydrogen-bond acceptors (Lipinski definition) is 4. The van der Waals surface area contributed by atoms with Gasteiger partial charge in [0.1, 0.15) is 0 Å². The number of nitrogens with one attached hydrogen (secondary N) is 1. The van der Waals surface area contributed by atoms with Gasteiger partial charge in [-0.25, -0.2) is 4.98 Å². The minimum Gasteiger partial charge on any atom is -0.338 e. The molecule has 23 heavy (non-hydrogen) atoms. The average Bonchev–Trinajstić information content (AvgIpc) is 2.99. The number of rotatable bonds is 7. The van der Waals surface area contributed by atoms with Crippen LogP contribution < -0.4 is 0 Å². The summed E-state index contributed by atoms with van der Waals surface area (Å²) in [6, 6.07) is 8.07. The minimum absolute atomic E-state index is 0.0715. The smallest absolute Gasteiger partial charge is 0.233 e. The SMILES string of the molecule is C=C(C)CN(CC)C(=O)CSc1n[nH]c(-c2ccc(C)cc2)n1. The van der Waals surface area contributed by atoms with E-state index in [0.717, 1.165) is 11.1 Å². The predicted octanol–water partition coefficient (Wildman–Crippen LogP) is 3.30. The van der Waals surface area contributed by atoms with Crippen LogP contribution in [0.3, 0.4) is 0 Å². The second kappa shape index (κ2) is 7.97. The fourth-order valence-corrected chi connectivity index (χ4v) is 2.77. The average molecular weight is 330 g/mol. The van der Waals surface area contributed by atoms with Crippen molar-refractivity contribution in [3.8, 4) is 11.4 Å². The normalized spacial score (nSPS) is 10.6. The number of amides is 1. The third kappa shape index (κ3) is 4.96. The van der Waals surface area contributed by atoms with E-state index in [1.54, 1.807) is 4.90 Å². The summed E-state index contributed by atoms with van der Waals surface area (Å²) in [5.41, 5.74) is 3.16. The van der Waals surface area contributed by atoms with E-state index in [-0.39, 0.29) is 5.91 Å². The predicted molar refractivity (Wildman–Crippen MR) is 94.3 cm³/mol. The molecule has 0 atom stereocenters. The summed E-state index contributed by atoms with van der Waals surface area (Å²) in [5.74, 6) is 1.11. The summed E-state index contributed by atoms with van der Waals surface area (Å²) in [4.78, 5) is 18.4. The molecule has 0 fully saturated rings. The van der Waals surface area contributed by atoms with Crippen LogP contribution in [0.2, 0.25) is 0 Å². The van der Waals surface area contributed by atoms with E-state index in [9.17, 15) is 4.79 Å². The summed E-state index contributed by atoms with van der Waals surface area (Å²) in [7, 11) is 0. The van der Waals surface area contributed by atoms with Gasteiger partial charge in [-0.1, -0.05) is 53.7 Å². The van der Waals surface area contributed by atoms with Crippen LogP contribution in [0, 0.1) is 6.92 Å². The Balaban J connectivity index is 1.95. The maximum Gasteiger partial charge on any atom is 0.233 e. The zero-order valence-electron chi connectivity index (χ0n) is 13.8. The third-order valence-corrected chi connectivity index (χ3v) is 4.14. The molecule has 0 spiro atoms. The van der Waals surface area contributed by atoms with Gasteiger partial charge < -0.3 is 4.90 Å². The van der Waals surface area contributed by atoms with Gasteiger partial charge in [0.05, 0.1) is 5.75 Å². The zero-order chi connectivity index (χ0) is 16.8. The molecule has 1 aromatic heterocycles. The second-order valence-corrected chi connectivity index (χ2v) is 6.43. The number of aromatic nitrogens is 3. The van der Waals surface area contributed by atoms with Crippen LogP contribution in [0.1, 0.15) is 19.4 Å². The van der Waals surface area contributed by atoms with Gasteiger partial charge in [0, 0.05) is 18.7 Å². The first-order valence-electron chi connectivity index (χ1n) is 7.54. The van der Waals surface area contributed by atoms with Crippen molar-refractivity contribution < 1.29 is 4.79 Å². The molecule has 5 nitrogen and oxygen atoms in total. The number of aromatic amines is 1. The number of hydrogen-bond donors (Lipinski definition) is 1. The molecule has 1 aromatic carbocycles. The Morgan fingerprint density at radius 3 is 2.65 bits per heavy atom. The van der Waals surface area contributed by atoms with Crippen molar-refractivity contribution in [3.05, 3.63) is 42.0 Å². The van der Waals surface area contributed by atoms with Crippen molar-refractivity contribution in [2.24, 2.45) is 0 Å². The van der Waals surface area contributed by atoms with Crippen molar-refractivity contribution in [1.82, 2.24) is 20.1 Å². The highest BCUT2D eigenvalue weighted by atomic mass is 32.2. The van der Waals surface area contributed by atoms with Crippen molar-refractivity contribution in [1.29, 1.82) is 0 Å². The first kappa shape index (κ1) is 17.3. The topological polar surface area (TPSA) is 61.9 Å². The van der Waals surface area contributed by atoms with Gasteiger partial charge in [0.2, 0.25) is 11.1 Å². The fraction of sp³-hybridized carbons (Fsp3) is 0.353. The van der Waals surface area contributed by atoms with Gasteiger partial charge in [-0.15, -0.1) is 5.10 Å². The van der Waals surface area contributed by atoms with Crippen molar-refractivity contribution >= 4 is 17.7 Å². The molecule has 0 aliphatic rings. The molecule has 0 aliphatic heterocycles. The lowest BCUT2D eigenvalue weighted by Crippen LogP contribution is -2.33. The Morgan fingerprint density at radius 1 is 1.35 bits per heavy atom. The number of benzene rings is 1. The quantitative estimate of drug-likeness (QED) is 0.625. The number of carbonyl (C=O) groups excluding carboxylic acids is 1. The van der Waals surface area contributed by atoms with Crippen LogP contribution in [0.4, 0.5) is 0 Å². The maximum atomic E-state index is 12.2. The van der Waals surface area contributed by atoms with Gasteiger partial charge in [0.25, 0.3) is 0 Å². The Kier molecular flexibility index (Phi) is 5.98. The molecule has 2 rings (SSSR count). The van der Waals surface area contributed by atoms with Gasteiger partial charge in [-0.2, -0.15) is 0 Å². The van der Waals surface area contributed by atoms with Gasteiger partial charge in [0.15, 0.2) is 5.82 Å². The summed E-state index contributed by atoms with van der Waals surface area (Å²) >= 11 is 1.34. The molecule has 2 aromatic rings. The molecule has 0 saturated carbocycles. The number of likely N-dealkylation sites (N-methyl/N-ethyl adjacent to an activating group) is 1. The standard InChI is InChI=1S/C17H22N4OS/c1-5-21(10-12(2)3)15(22)11-23-17-18-16(19-20-17)14-8-6-13(4)7-9-14/h6-9H,2,5,10-11H2,1,3-4H3,(H,18,19,20). The van der Waals surface area contributed by atoms with Gasteiger partial charge >= 0.3 is 0 Å². The van der Waals surface area contributed by atoms with Gasteiger partial charge in [-0.3, -0.25) is 9.89 Å². The monoisotopic (exact) mass is 330 g/mol. The maximum absolute atomic E-state index is 12.2. The Hall–Kier alpha value is -2.08. The van der Waals surface area contributed by atoms with E-state index in [1.165, 1.54) is 17.3 Å². The first-order valence-corrected chi connectivity index (χ1v) is 8.52. The molecule has 1 N–H and O–H groups in total. The van der Waals surface area contributed by atoms with Crippen molar-refractivity contribution in [3.63, 3.8) is 0 Å². The number of aryl methyl sites for hydroxylation is 1. The summed E-state index contributed by atoms with van der Waals surface area (Å²) in [6.45, 7) is 11.1. The fourth-order valence-electron chi connectivity index (χ4n) is 2.07. The van der Waals surface area contributed by atoms with Crippen LogP contribution >= 0.6 is 11.8 Å². The third-order valence-electron chi connectivity index (χ3n) is 3.31. The van der Waals surface area contributed by atoms with E-state index < -0.39 is 0 Å². The lowest BCUT2D eigenvalue weighted by Gasteiger charge is -2.20. The number of thioether (sulfide) groups is 1. The summed E-state index contributed by atoms with van der Waals surface area (Å²) in [5, 5.41) is 7.67. The van der Waals surface area contributed by atoms with Crippen LogP contribution in [0.15, 0.2) is 41.6 Å². The molecule has 1 amide bonds. The molecule has 1 heterocycles. The Morgan fingerprint density at radius 2 is 2.04 bits per heavy atom. The number of nitrogens with zero attached hydrogens (tertiary/aromatic N) is 3. The van der Waals surface area contributed by atoms with Crippen LogP contribution in [0.25, 0.3) is 11.4 Å². The van der Waals surface area contributed by atoms with E-state index in [1.807, 2.05) is 45.0 Å². The summed E-state index contributed by atoms with van der Waals surface area (Å²) < 4.78 is 0. The Labute approximate surface area is 141 Å². The molecule has 122 valence electrons. The van der Waals surface area contributed by atoms with Crippen LogP contribution in [-0.2, 0) is 4.79 Å². The molecule has 0 aliphatic carbocycles. The number of carbonyl (C=O) groups is 1. The van der Waals surface area contributed by atoms with E-state index in [0.29, 0.717) is 29.8 Å².